The number of benzene rings is 1. The van der Waals surface area contributed by atoms with E-state index in [1.54, 1.807) is 6.07 Å². The van der Waals surface area contributed by atoms with E-state index >= 15 is 0 Å². The van der Waals surface area contributed by atoms with Crippen LogP contribution in [-0.2, 0) is 10.0 Å². The standard InChI is InChI=1S/C17H20ClN5O2S/c1-11(2)13-6-4-5-7-14(13)15-8-16(18)22-17(21-15)23-26(24,25)12(9-19)10-20-3/h4-11H,19H2,1-3H3,(H,21,22,23)/b12-9+,20-10?. The summed E-state index contributed by atoms with van der Waals surface area (Å²) in [6.45, 7) is 4.13. The highest BCUT2D eigenvalue weighted by atomic mass is 35.5. The lowest BCUT2D eigenvalue weighted by Crippen LogP contribution is -2.19. The van der Waals surface area contributed by atoms with E-state index in [9.17, 15) is 8.42 Å². The van der Waals surface area contributed by atoms with Crippen molar-refractivity contribution >= 4 is 33.8 Å². The van der Waals surface area contributed by atoms with E-state index in [-0.39, 0.29) is 21.9 Å². The SMILES string of the molecule is CN=C/C(=C\N)S(=O)(=O)Nc1nc(Cl)cc(-c2ccccc2C(C)C)n1. The number of aromatic nitrogens is 2. The van der Waals surface area contributed by atoms with Crippen LogP contribution in [0, 0.1) is 0 Å². The summed E-state index contributed by atoms with van der Waals surface area (Å²) < 4.78 is 27.0. The number of allylic oxidation sites excluding steroid dienone is 1. The highest BCUT2D eigenvalue weighted by Gasteiger charge is 2.19. The fourth-order valence-electron chi connectivity index (χ4n) is 2.34. The van der Waals surface area contributed by atoms with Gasteiger partial charge >= 0.3 is 0 Å². The molecular weight excluding hydrogens is 374 g/mol. The summed E-state index contributed by atoms with van der Waals surface area (Å²) in [7, 11) is -2.54. The third-order valence-corrected chi connectivity index (χ3v) is 5.02. The summed E-state index contributed by atoms with van der Waals surface area (Å²) in [6, 6.07) is 9.31. The molecule has 3 N–H and O–H groups in total. The van der Waals surface area contributed by atoms with Gasteiger partial charge in [0.05, 0.1) is 5.69 Å². The highest BCUT2D eigenvalue weighted by Crippen LogP contribution is 2.29. The second kappa shape index (κ2) is 8.29. The number of halogens is 1. The second-order valence-corrected chi connectivity index (χ2v) is 7.77. The molecule has 0 unspecified atom stereocenters. The van der Waals surface area contributed by atoms with Crippen LogP contribution in [0.5, 0.6) is 0 Å². The van der Waals surface area contributed by atoms with Crippen LogP contribution in [0.2, 0.25) is 5.15 Å². The van der Waals surface area contributed by atoms with E-state index in [0.717, 1.165) is 23.5 Å². The number of hydrogen-bond donors (Lipinski definition) is 2. The number of aliphatic imine (C=N–C) groups is 1. The Labute approximate surface area is 158 Å². The van der Waals surface area contributed by atoms with Gasteiger partial charge in [-0.1, -0.05) is 49.7 Å². The lowest BCUT2D eigenvalue weighted by atomic mass is 9.95. The summed E-state index contributed by atoms with van der Waals surface area (Å²) >= 11 is 6.08. The molecule has 0 amide bonds. The summed E-state index contributed by atoms with van der Waals surface area (Å²) in [5.74, 6) is 0.113. The topological polar surface area (TPSA) is 110 Å². The van der Waals surface area contributed by atoms with Gasteiger partial charge in [-0.3, -0.25) is 4.99 Å². The molecule has 7 nitrogen and oxygen atoms in total. The van der Waals surface area contributed by atoms with Crippen LogP contribution in [0.3, 0.4) is 0 Å². The van der Waals surface area contributed by atoms with Crippen LogP contribution in [0.1, 0.15) is 25.3 Å². The maximum absolute atomic E-state index is 12.4. The Morgan fingerprint density at radius 3 is 2.62 bits per heavy atom. The van der Waals surface area contributed by atoms with E-state index in [4.69, 9.17) is 17.3 Å². The first kappa shape index (κ1) is 19.9. The van der Waals surface area contributed by atoms with Crippen molar-refractivity contribution in [2.24, 2.45) is 10.7 Å². The van der Waals surface area contributed by atoms with Crippen LogP contribution in [0.4, 0.5) is 5.95 Å². The van der Waals surface area contributed by atoms with Crippen LogP contribution in [0.25, 0.3) is 11.3 Å². The molecule has 0 radical (unpaired) electrons. The molecule has 2 aromatic rings. The molecule has 0 aliphatic heterocycles. The third-order valence-electron chi connectivity index (χ3n) is 3.51. The fraction of sp³-hybridized carbons (Fsp3) is 0.235. The van der Waals surface area contributed by atoms with Crippen LogP contribution in [0.15, 0.2) is 46.4 Å². The lowest BCUT2D eigenvalue weighted by molar-refractivity contribution is 0.608. The minimum Gasteiger partial charge on any atom is -0.403 e. The van der Waals surface area contributed by atoms with Crippen molar-refractivity contribution in [1.29, 1.82) is 0 Å². The van der Waals surface area contributed by atoms with E-state index in [2.05, 4.69) is 33.5 Å². The first-order chi connectivity index (χ1) is 12.3. The molecule has 1 aromatic heterocycles. The molecule has 138 valence electrons. The predicted molar refractivity (Wildman–Crippen MR) is 106 cm³/mol. The van der Waals surface area contributed by atoms with Gasteiger partial charge in [0.25, 0.3) is 10.0 Å². The van der Waals surface area contributed by atoms with Gasteiger partial charge in [0.1, 0.15) is 10.1 Å². The average Bonchev–Trinajstić information content (AvgIpc) is 2.58. The van der Waals surface area contributed by atoms with Gasteiger partial charge in [-0.15, -0.1) is 0 Å². The molecule has 0 bridgehead atoms. The maximum Gasteiger partial charge on any atom is 0.267 e. The van der Waals surface area contributed by atoms with Gasteiger partial charge in [-0.2, -0.15) is 0 Å². The van der Waals surface area contributed by atoms with Crippen molar-refractivity contribution in [2.75, 3.05) is 11.8 Å². The Bertz CT molecular complexity index is 955. The molecule has 0 fully saturated rings. The van der Waals surface area contributed by atoms with E-state index < -0.39 is 10.0 Å². The van der Waals surface area contributed by atoms with Gasteiger partial charge in [-0.05, 0) is 11.5 Å². The van der Waals surface area contributed by atoms with Crippen molar-refractivity contribution in [3.05, 3.63) is 52.2 Å². The van der Waals surface area contributed by atoms with Crippen LogP contribution < -0.4 is 10.5 Å². The summed E-state index contributed by atoms with van der Waals surface area (Å²) in [5.41, 5.74) is 7.81. The number of rotatable bonds is 6. The Morgan fingerprint density at radius 1 is 1.31 bits per heavy atom. The average molecular weight is 394 g/mol. The minimum absolute atomic E-state index is 0.119. The molecule has 26 heavy (non-hydrogen) atoms. The summed E-state index contributed by atoms with van der Waals surface area (Å²) in [5, 5.41) is 0.119. The second-order valence-electron chi connectivity index (χ2n) is 5.70. The highest BCUT2D eigenvalue weighted by molar-refractivity contribution is 7.97. The summed E-state index contributed by atoms with van der Waals surface area (Å²) in [6.07, 6.45) is 2.07. The number of nitrogens with two attached hydrogens (primary N) is 1. The van der Waals surface area contributed by atoms with Crippen molar-refractivity contribution in [3.8, 4) is 11.3 Å². The van der Waals surface area contributed by atoms with Crippen molar-refractivity contribution < 1.29 is 8.42 Å². The molecule has 0 spiro atoms. The molecule has 9 heteroatoms. The number of sulfonamides is 1. The van der Waals surface area contributed by atoms with Gasteiger partial charge < -0.3 is 5.73 Å². The molecule has 1 heterocycles. The largest absolute Gasteiger partial charge is 0.403 e. The quantitative estimate of drug-likeness (QED) is 0.578. The van der Waals surface area contributed by atoms with Crippen LogP contribution in [-0.4, -0.2) is 31.6 Å². The van der Waals surface area contributed by atoms with E-state index in [1.165, 1.54) is 7.05 Å². The zero-order valence-corrected chi connectivity index (χ0v) is 16.2. The minimum atomic E-state index is -3.98. The van der Waals surface area contributed by atoms with Gasteiger partial charge in [0, 0.05) is 31.1 Å². The Morgan fingerprint density at radius 2 is 2.00 bits per heavy atom. The smallest absolute Gasteiger partial charge is 0.267 e. The molecule has 0 saturated heterocycles. The van der Waals surface area contributed by atoms with Crippen LogP contribution >= 0.6 is 11.6 Å². The number of nitrogens with zero attached hydrogens (tertiary/aromatic N) is 3. The van der Waals surface area contributed by atoms with Gasteiger partial charge in [-0.25, -0.2) is 23.1 Å². The molecule has 0 aliphatic carbocycles. The lowest BCUT2D eigenvalue weighted by Gasteiger charge is -2.13. The Kier molecular flexibility index (Phi) is 6.33. The molecule has 2 rings (SSSR count). The summed E-state index contributed by atoms with van der Waals surface area (Å²) in [4.78, 5) is 11.7. The third kappa shape index (κ3) is 4.59. The Hall–Kier alpha value is -2.45. The number of nitrogens with one attached hydrogen (secondary N) is 1. The molecule has 0 atom stereocenters. The molecule has 0 saturated carbocycles. The zero-order chi connectivity index (χ0) is 19.3. The van der Waals surface area contributed by atoms with Crippen molar-refractivity contribution in [1.82, 2.24) is 9.97 Å². The van der Waals surface area contributed by atoms with Gasteiger partial charge in [0.2, 0.25) is 5.95 Å². The number of hydrogen-bond acceptors (Lipinski definition) is 6. The predicted octanol–water partition coefficient (Wildman–Crippen LogP) is 3.16. The first-order valence-corrected chi connectivity index (χ1v) is 9.65. The molecule has 1 aromatic carbocycles. The number of anilines is 1. The van der Waals surface area contributed by atoms with Gasteiger partial charge in [0.15, 0.2) is 0 Å². The normalized spacial score (nSPS) is 12.7. The fourth-order valence-corrected chi connectivity index (χ4v) is 3.40. The monoisotopic (exact) mass is 393 g/mol. The van der Waals surface area contributed by atoms with Crippen molar-refractivity contribution in [3.63, 3.8) is 0 Å². The first-order valence-electron chi connectivity index (χ1n) is 7.79. The Balaban J connectivity index is 2.50. The molecule has 0 aliphatic rings. The zero-order valence-electron chi connectivity index (χ0n) is 14.6. The molecular formula is C17H20ClN5O2S. The van der Waals surface area contributed by atoms with Crippen molar-refractivity contribution in [2.45, 2.75) is 19.8 Å². The van der Waals surface area contributed by atoms with E-state index in [0.29, 0.717) is 5.69 Å². The maximum atomic E-state index is 12.4. The van der Waals surface area contributed by atoms with E-state index in [1.807, 2.05) is 24.3 Å².